The monoisotopic (exact) mass is 346 g/mol. The lowest BCUT2D eigenvalue weighted by atomic mass is 10.1. The summed E-state index contributed by atoms with van der Waals surface area (Å²) < 4.78 is 17.9. The summed E-state index contributed by atoms with van der Waals surface area (Å²) in [6.07, 6.45) is 6.09. The molecule has 1 unspecified atom stereocenters. The third kappa shape index (κ3) is 7.33. The molecule has 0 saturated heterocycles. The molecule has 0 N–H and O–H groups in total. The van der Waals surface area contributed by atoms with Gasteiger partial charge in [-0.25, -0.2) is 0 Å². The first-order valence-electron chi connectivity index (χ1n) is 8.71. The Labute approximate surface area is 147 Å². The number of unbranched alkanes of at least 4 members (excludes halogenated alkanes) is 3. The molecule has 0 saturated carbocycles. The smallest absolute Gasteiger partial charge is 0.418 e. The lowest BCUT2D eigenvalue weighted by Gasteiger charge is -2.21. The van der Waals surface area contributed by atoms with Gasteiger partial charge in [-0.3, -0.25) is 4.52 Å². The third-order valence-electron chi connectivity index (χ3n) is 3.58. The first-order chi connectivity index (χ1) is 11.8. The summed E-state index contributed by atoms with van der Waals surface area (Å²) in [7, 11) is -1.48. The maximum Gasteiger partial charge on any atom is 0.463 e. The molecule has 24 heavy (non-hydrogen) atoms. The third-order valence-corrected chi connectivity index (χ3v) is 4.83. The van der Waals surface area contributed by atoms with Gasteiger partial charge < -0.3 is 9.05 Å². The fraction of sp³-hybridized carbons (Fsp3) is 0.400. The minimum Gasteiger partial charge on any atom is -0.418 e. The van der Waals surface area contributed by atoms with Crippen LogP contribution in [0.1, 0.15) is 46.0 Å². The number of para-hydroxylation sites is 2. The molecular formula is C20H27O3P. The molecule has 0 bridgehead atoms. The highest BCUT2D eigenvalue weighted by Crippen LogP contribution is 2.43. The first kappa shape index (κ1) is 18.8. The molecular weight excluding hydrogens is 319 g/mol. The van der Waals surface area contributed by atoms with Gasteiger partial charge in [0.15, 0.2) is 0 Å². The molecule has 0 aliphatic rings. The van der Waals surface area contributed by atoms with Crippen LogP contribution in [0.5, 0.6) is 11.5 Å². The highest BCUT2D eigenvalue weighted by Gasteiger charge is 2.20. The van der Waals surface area contributed by atoms with Crippen LogP contribution < -0.4 is 9.05 Å². The molecule has 0 aliphatic heterocycles. The Morgan fingerprint density at radius 3 is 1.83 bits per heavy atom. The van der Waals surface area contributed by atoms with Crippen LogP contribution in [0.15, 0.2) is 60.7 Å². The molecule has 0 radical (unpaired) electrons. The Balaban J connectivity index is 1.91. The van der Waals surface area contributed by atoms with E-state index in [-0.39, 0.29) is 6.10 Å². The van der Waals surface area contributed by atoms with Crippen molar-refractivity contribution < 1.29 is 13.6 Å². The largest absolute Gasteiger partial charge is 0.463 e. The fourth-order valence-electron chi connectivity index (χ4n) is 2.25. The van der Waals surface area contributed by atoms with Crippen molar-refractivity contribution in [3.63, 3.8) is 0 Å². The standard InChI is InChI=1S/C20H27O3P/c1-3-4-5-8-13-18(2)21-24(22-19-14-9-6-10-15-19)23-20-16-11-7-12-17-20/h6-7,9-12,14-18H,3-5,8,13H2,1-2H3. The number of hydrogen-bond donors (Lipinski definition) is 0. The van der Waals surface area contributed by atoms with Crippen molar-refractivity contribution in [1.82, 2.24) is 0 Å². The summed E-state index contributed by atoms with van der Waals surface area (Å²) in [6, 6.07) is 19.4. The van der Waals surface area contributed by atoms with Crippen LogP contribution in [0.3, 0.4) is 0 Å². The first-order valence-corrected chi connectivity index (χ1v) is 9.80. The van der Waals surface area contributed by atoms with Gasteiger partial charge in [0.25, 0.3) is 0 Å². The van der Waals surface area contributed by atoms with E-state index in [2.05, 4.69) is 13.8 Å². The lowest BCUT2D eigenvalue weighted by molar-refractivity contribution is 0.181. The summed E-state index contributed by atoms with van der Waals surface area (Å²) >= 11 is 0. The van der Waals surface area contributed by atoms with Crippen molar-refractivity contribution in [1.29, 1.82) is 0 Å². The lowest BCUT2D eigenvalue weighted by Crippen LogP contribution is -2.09. The van der Waals surface area contributed by atoms with Crippen molar-refractivity contribution in [3.8, 4) is 11.5 Å². The highest BCUT2D eigenvalue weighted by molar-refractivity contribution is 7.42. The topological polar surface area (TPSA) is 27.7 Å². The second-order valence-corrected chi connectivity index (χ2v) is 6.82. The molecule has 3 nitrogen and oxygen atoms in total. The zero-order valence-corrected chi connectivity index (χ0v) is 15.5. The van der Waals surface area contributed by atoms with Crippen molar-refractivity contribution in [2.75, 3.05) is 0 Å². The molecule has 0 fully saturated rings. The molecule has 0 heterocycles. The maximum absolute atomic E-state index is 6.06. The summed E-state index contributed by atoms with van der Waals surface area (Å²) in [5.41, 5.74) is 0. The van der Waals surface area contributed by atoms with Crippen LogP contribution >= 0.6 is 8.60 Å². The molecule has 0 spiro atoms. The van der Waals surface area contributed by atoms with E-state index in [9.17, 15) is 0 Å². The van der Waals surface area contributed by atoms with Gasteiger partial charge in [0, 0.05) is 0 Å². The van der Waals surface area contributed by atoms with Gasteiger partial charge in [-0.05, 0) is 37.6 Å². The van der Waals surface area contributed by atoms with Crippen LogP contribution in [-0.2, 0) is 4.52 Å². The normalized spacial score (nSPS) is 12.1. The second-order valence-electron chi connectivity index (χ2n) is 5.80. The summed E-state index contributed by atoms with van der Waals surface area (Å²) in [5, 5.41) is 0. The molecule has 0 aromatic heterocycles. The highest BCUT2D eigenvalue weighted by atomic mass is 31.2. The quantitative estimate of drug-likeness (QED) is 0.333. The van der Waals surface area contributed by atoms with Crippen LogP contribution in [0.25, 0.3) is 0 Å². The van der Waals surface area contributed by atoms with E-state index >= 15 is 0 Å². The van der Waals surface area contributed by atoms with Crippen molar-refractivity contribution in [2.24, 2.45) is 0 Å². The SMILES string of the molecule is CCCCCCC(C)OP(Oc1ccccc1)Oc1ccccc1. The zero-order valence-electron chi connectivity index (χ0n) is 14.6. The Bertz CT molecular complexity index is 506. The maximum atomic E-state index is 6.06. The molecule has 2 aromatic carbocycles. The summed E-state index contributed by atoms with van der Waals surface area (Å²) in [4.78, 5) is 0. The predicted octanol–water partition coefficient (Wildman–Crippen LogP) is 6.75. The average molecular weight is 346 g/mol. The summed E-state index contributed by atoms with van der Waals surface area (Å²) in [5.74, 6) is 1.52. The van der Waals surface area contributed by atoms with Gasteiger partial charge in [-0.1, -0.05) is 69.0 Å². The molecule has 4 heteroatoms. The Kier molecular flexibility index (Phi) is 8.65. The molecule has 2 rings (SSSR count). The molecule has 1 atom stereocenters. The van der Waals surface area contributed by atoms with E-state index in [1.54, 1.807) is 0 Å². The number of hydrogen-bond acceptors (Lipinski definition) is 3. The Hall–Kier alpha value is -1.57. The Morgan fingerprint density at radius 1 is 0.792 bits per heavy atom. The Morgan fingerprint density at radius 2 is 1.33 bits per heavy atom. The zero-order chi connectivity index (χ0) is 17.0. The number of benzene rings is 2. The van der Waals surface area contributed by atoms with Crippen LogP contribution in [0.2, 0.25) is 0 Å². The van der Waals surface area contributed by atoms with Gasteiger partial charge in [0.05, 0.1) is 6.10 Å². The van der Waals surface area contributed by atoms with E-state index in [0.717, 1.165) is 17.9 Å². The molecule has 0 aliphatic carbocycles. The van der Waals surface area contributed by atoms with Crippen molar-refractivity contribution >= 4 is 8.60 Å². The molecule has 130 valence electrons. The van der Waals surface area contributed by atoms with Gasteiger partial charge >= 0.3 is 8.60 Å². The van der Waals surface area contributed by atoms with Crippen LogP contribution in [0.4, 0.5) is 0 Å². The van der Waals surface area contributed by atoms with E-state index in [1.807, 2.05) is 60.7 Å². The predicted molar refractivity (Wildman–Crippen MR) is 100 cm³/mol. The summed E-state index contributed by atoms with van der Waals surface area (Å²) in [6.45, 7) is 4.31. The van der Waals surface area contributed by atoms with E-state index in [0.29, 0.717) is 0 Å². The minimum atomic E-state index is -1.48. The fourth-order valence-corrected chi connectivity index (χ4v) is 3.36. The molecule has 2 aromatic rings. The van der Waals surface area contributed by atoms with Crippen molar-refractivity contribution in [2.45, 2.75) is 52.1 Å². The van der Waals surface area contributed by atoms with Gasteiger partial charge in [-0.15, -0.1) is 0 Å². The van der Waals surface area contributed by atoms with E-state index < -0.39 is 8.60 Å². The molecule has 0 amide bonds. The van der Waals surface area contributed by atoms with Gasteiger partial charge in [0.2, 0.25) is 0 Å². The van der Waals surface area contributed by atoms with Gasteiger partial charge in [0.1, 0.15) is 11.5 Å². The number of rotatable bonds is 11. The van der Waals surface area contributed by atoms with Crippen LogP contribution in [-0.4, -0.2) is 6.10 Å². The average Bonchev–Trinajstić information content (AvgIpc) is 2.60. The minimum absolute atomic E-state index is 0.111. The van der Waals surface area contributed by atoms with E-state index in [4.69, 9.17) is 13.6 Å². The second kappa shape index (κ2) is 11.1. The van der Waals surface area contributed by atoms with E-state index in [1.165, 1.54) is 25.7 Å². The van der Waals surface area contributed by atoms with Gasteiger partial charge in [-0.2, -0.15) is 0 Å². The van der Waals surface area contributed by atoms with Crippen molar-refractivity contribution in [3.05, 3.63) is 60.7 Å². The van der Waals surface area contributed by atoms with Crippen LogP contribution in [0, 0.1) is 0 Å².